The molecule has 3 rings (SSSR count). The highest BCUT2D eigenvalue weighted by Gasteiger charge is 2.30. The Kier molecular flexibility index (Phi) is 5.66. The molecule has 1 atom stereocenters. The van der Waals surface area contributed by atoms with E-state index >= 15 is 0 Å². The van der Waals surface area contributed by atoms with Gasteiger partial charge in [-0.25, -0.2) is 4.68 Å². The molecule has 1 aliphatic rings. The Hall–Kier alpha value is -1.88. The van der Waals surface area contributed by atoms with Crippen molar-refractivity contribution in [2.24, 2.45) is 21.4 Å². The molecule has 1 fully saturated rings. The van der Waals surface area contributed by atoms with Crippen molar-refractivity contribution in [1.29, 1.82) is 0 Å². The fourth-order valence-electron chi connectivity index (χ4n) is 4.01. The van der Waals surface area contributed by atoms with Gasteiger partial charge in [-0.1, -0.05) is 32.9 Å². The lowest BCUT2D eigenvalue weighted by Crippen LogP contribution is -2.29. The number of benzene rings is 1. The van der Waals surface area contributed by atoms with Crippen molar-refractivity contribution >= 4 is 17.0 Å². The van der Waals surface area contributed by atoms with Crippen LogP contribution in [0.3, 0.4) is 0 Å². The highest BCUT2D eigenvalue weighted by molar-refractivity contribution is 7.07. The molecule has 0 bridgehead atoms. The SMILES string of the molecule is CCN=c1scc(-c2ccccc2OC)n1N=C1CC(C)CC(C)(C)C1. The molecule has 0 spiro atoms. The van der Waals surface area contributed by atoms with Gasteiger partial charge < -0.3 is 4.74 Å². The molecule has 5 heteroatoms. The first-order valence-electron chi connectivity index (χ1n) is 9.34. The zero-order chi connectivity index (χ0) is 18.7. The zero-order valence-corrected chi connectivity index (χ0v) is 17.3. The summed E-state index contributed by atoms with van der Waals surface area (Å²) in [6.07, 6.45) is 3.35. The van der Waals surface area contributed by atoms with Crippen molar-refractivity contribution in [1.82, 2.24) is 4.68 Å². The maximum atomic E-state index is 5.58. The van der Waals surface area contributed by atoms with Gasteiger partial charge in [-0.05, 0) is 49.7 Å². The van der Waals surface area contributed by atoms with Gasteiger partial charge >= 0.3 is 0 Å². The lowest BCUT2D eigenvalue weighted by Gasteiger charge is -2.34. The van der Waals surface area contributed by atoms with Crippen molar-refractivity contribution in [2.45, 2.75) is 47.0 Å². The molecule has 0 amide bonds. The monoisotopic (exact) mass is 371 g/mol. The van der Waals surface area contributed by atoms with Gasteiger partial charge in [0.2, 0.25) is 4.80 Å². The van der Waals surface area contributed by atoms with Gasteiger partial charge in [-0.15, -0.1) is 11.3 Å². The molecule has 26 heavy (non-hydrogen) atoms. The molecule has 1 aliphatic carbocycles. The number of aromatic nitrogens is 1. The fraction of sp³-hybridized carbons (Fsp3) is 0.524. The van der Waals surface area contributed by atoms with Gasteiger partial charge in [0.05, 0.1) is 12.8 Å². The van der Waals surface area contributed by atoms with Crippen LogP contribution < -0.4 is 9.54 Å². The highest BCUT2D eigenvalue weighted by atomic mass is 32.1. The van der Waals surface area contributed by atoms with E-state index in [1.807, 2.05) is 22.9 Å². The summed E-state index contributed by atoms with van der Waals surface area (Å²) in [5.74, 6) is 1.53. The Morgan fingerprint density at radius 1 is 1.31 bits per heavy atom. The summed E-state index contributed by atoms with van der Waals surface area (Å²) in [4.78, 5) is 5.60. The minimum atomic E-state index is 0.305. The van der Waals surface area contributed by atoms with Crippen molar-refractivity contribution in [3.05, 3.63) is 34.4 Å². The van der Waals surface area contributed by atoms with Crippen LogP contribution in [-0.2, 0) is 0 Å². The van der Waals surface area contributed by atoms with Gasteiger partial charge in [-0.3, -0.25) is 4.99 Å². The Morgan fingerprint density at radius 3 is 2.77 bits per heavy atom. The summed E-state index contributed by atoms with van der Waals surface area (Å²) < 4.78 is 7.60. The first-order valence-corrected chi connectivity index (χ1v) is 10.2. The molecule has 0 aliphatic heterocycles. The smallest absolute Gasteiger partial charge is 0.206 e. The van der Waals surface area contributed by atoms with E-state index in [2.05, 4.69) is 44.1 Å². The molecule has 2 aromatic rings. The van der Waals surface area contributed by atoms with Crippen molar-refractivity contribution in [2.75, 3.05) is 13.7 Å². The van der Waals surface area contributed by atoms with Crippen LogP contribution in [0, 0.1) is 11.3 Å². The Labute approximate surface area is 160 Å². The molecule has 0 N–H and O–H groups in total. The number of thiazole rings is 1. The second kappa shape index (κ2) is 7.78. The van der Waals surface area contributed by atoms with E-state index < -0.39 is 0 Å². The molecule has 1 saturated carbocycles. The number of ether oxygens (including phenoxy) is 1. The predicted octanol–water partition coefficient (Wildman–Crippen LogP) is 5.20. The van der Waals surface area contributed by atoms with Gasteiger partial charge in [-0.2, -0.15) is 5.10 Å². The average Bonchev–Trinajstić information content (AvgIpc) is 2.95. The Bertz CT molecular complexity index is 860. The maximum Gasteiger partial charge on any atom is 0.206 e. The molecule has 0 radical (unpaired) electrons. The van der Waals surface area contributed by atoms with Crippen LogP contribution in [-0.4, -0.2) is 24.0 Å². The standard InChI is InChI=1S/C21H29N3OS/c1-6-22-20-24(23-16-11-15(2)12-21(3,4)13-16)18(14-26-20)17-9-7-8-10-19(17)25-5/h7-10,14-15H,6,11-13H2,1-5H3. The molecule has 0 saturated heterocycles. The quantitative estimate of drug-likeness (QED) is 0.728. The number of para-hydroxylation sites is 1. The van der Waals surface area contributed by atoms with E-state index in [1.165, 1.54) is 12.1 Å². The largest absolute Gasteiger partial charge is 0.496 e. The topological polar surface area (TPSA) is 38.9 Å². The minimum absolute atomic E-state index is 0.305. The molecular weight excluding hydrogens is 342 g/mol. The average molecular weight is 372 g/mol. The predicted molar refractivity (Wildman–Crippen MR) is 110 cm³/mol. The van der Waals surface area contributed by atoms with Crippen molar-refractivity contribution in [3.63, 3.8) is 0 Å². The van der Waals surface area contributed by atoms with E-state index in [4.69, 9.17) is 9.84 Å². The first kappa shape index (κ1) is 18.9. The van der Waals surface area contributed by atoms with Gasteiger partial charge in [0.25, 0.3) is 0 Å². The summed E-state index contributed by atoms with van der Waals surface area (Å²) >= 11 is 1.64. The number of hydrogen-bond acceptors (Lipinski definition) is 4. The van der Waals surface area contributed by atoms with E-state index in [0.717, 1.165) is 41.2 Å². The van der Waals surface area contributed by atoms with Gasteiger partial charge in [0, 0.05) is 23.2 Å². The van der Waals surface area contributed by atoms with Crippen molar-refractivity contribution in [3.8, 4) is 17.0 Å². The van der Waals surface area contributed by atoms with Crippen LogP contribution in [0.2, 0.25) is 0 Å². The number of rotatable bonds is 4. The summed E-state index contributed by atoms with van der Waals surface area (Å²) in [5.41, 5.74) is 3.67. The molecule has 1 aromatic heterocycles. The van der Waals surface area contributed by atoms with E-state index in [-0.39, 0.29) is 0 Å². The second-order valence-corrected chi connectivity index (χ2v) is 8.75. The second-order valence-electron chi connectivity index (χ2n) is 7.91. The summed E-state index contributed by atoms with van der Waals surface area (Å²) in [7, 11) is 1.71. The van der Waals surface area contributed by atoms with Crippen LogP contribution in [0.25, 0.3) is 11.3 Å². The van der Waals surface area contributed by atoms with E-state index in [1.54, 1.807) is 18.4 Å². The van der Waals surface area contributed by atoms with Crippen molar-refractivity contribution < 1.29 is 4.74 Å². The normalized spacial score (nSPS) is 22.0. The van der Waals surface area contributed by atoms with Crippen LogP contribution >= 0.6 is 11.3 Å². The maximum absolute atomic E-state index is 5.58. The summed E-state index contributed by atoms with van der Waals surface area (Å²) in [6, 6.07) is 8.11. The van der Waals surface area contributed by atoms with E-state index in [0.29, 0.717) is 11.3 Å². The summed E-state index contributed by atoms with van der Waals surface area (Å²) in [5, 5.41) is 7.22. The number of hydrogen-bond donors (Lipinski definition) is 0. The van der Waals surface area contributed by atoms with Gasteiger partial charge in [0.1, 0.15) is 5.75 Å². The summed E-state index contributed by atoms with van der Waals surface area (Å²) in [6.45, 7) is 9.82. The molecule has 1 aromatic carbocycles. The number of nitrogens with zero attached hydrogens (tertiary/aromatic N) is 3. The van der Waals surface area contributed by atoms with Crippen LogP contribution in [0.1, 0.15) is 47.0 Å². The van der Waals surface area contributed by atoms with Gasteiger partial charge in [0.15, 0.2) is 0 Å². The third-order valence-corrected chi connectivity index (χ3v) is 5.62. The Morgan fingerprint density at radius 2 is 2.08 bits per heavy atom. The highest BCUT2D eigenvalue weighted by Crippen LogP contribution is 2.37. The third kappa shape index (κ3) is 4.09. The Balaban J connectivity index is 2.13. The van der Waals surface area contributed by atoms with E-state index in [9.17, 15) is 0 Å². The molecule has 140 valence electrons. The number of methoxy groups -OCH3 is 1. The molecule has 1 unspecified atom stereocenters. The molecule has 1 heterocycles. The van der Waals surface area contributed by atoms with Crippen LogP contribution in [0.15, 0.2) is 39.7 Å². The molecular formula is C21H29N3OS. The lowest BCUT2D eigenvalue weighted by atomic mass is 9.72. The fourth-order valence-corrected chi connectivity index (χ4v) is 4.90. The third-order valence-electron chi connectivity index (χ3n) is 4.77. The molecule has 4 nitrogen and oxygen atoms in total. The first-order chi connectivity index (χ1) is 12.4. The van der Waals surface area contributed by atoms with Crippen LogP contribution in [0.5, 0.6) is 5.75 Å². The minimum Gasteiger partial charge on any atom is -0.496 e. The lowest BCUT2D eigenvalue weighted by molar-refractivity contribution is 0.265. The zero-order valence-electron chi connectivity index (χ0n) is 16.5. The van der Waals surface area contributed by atoms with Crippen LogP contribution in [0.4, 0.5) is 0 Å².